The summed E-state index contributed by atoms with van der Waals surface area (Å²) in [6, 6.07) is 2.96. The topological polar surface area (TPSA) is 70.7 Å². The smallest absolute Gasteiger partial charge is 0.319 e. The van der Waals surface area contributed by atoms with Gasteiger partial charge in [-0.15, -0.1) is 0 Å². The minimum absolute atomic E-state index is 0.00262. The molecule has 0 saturated carbocycles. The highest BCUT2D eigenvalue weighted by atomic mass is 79.9. The molecular formula is C10H6BrF3N4O. The second-order valence-corrected chi connectivity index (χ2v) is 4.36. The molecule has 2 aromatic rings. The van der Waals surface area contributed by atoms with Crippen molar-refractivity contribution in [1.29, 1.82) is 0 Å². The van der Waals surface area contributed by atoms with Crippen LogP contribution in [0.5, 0.6) is 0 Å². The van der Waals surface area contributed by atoms with Crippen molar-refractivity contribution in [1.82, 2.24) is 15.4 Å². The predicted octanol–water partition coefficient (Wildman–Crippen LogP) is 2.84. The summed E-state index contributed by atoms with van der Waals surface area (Å²) >= 11 is 3.06. The van der Waals surface area contributed by atoms with Gasteiger partial charge in [0, 0.05) is 4.47 Å². The minimum Gasteiger partial charge on any atom is -0.319 e. The maximum Gasteiger partial charge on any atom is 0.416 e. The second-order valence-electron chi connectivity index (χ2n) is 3.50. The van der Waals surface area contributed by atoms with Gasteiger partial charge in [0.15, 0.2) is 5.69 Å². The van der Waals surface area contributed by atoms with E-state index in [1.54, 1.807) is 0 Å². The molecule has 2 N–H and O–H groups in total. The van der Waals surface area contributed by atoms with Crippen LogP contribution in [0.3, 0.4) is 0 Å². The summed E-state index contributed by atoms with van der Waals surface area (Å²) < 4.78 is 38.0. The molecule has 0 fully saturated rings. The van der Waals surface area contributed by atoms with Crippen molar-refractivity contribution in [3.63, 3.8) is 0 Å². The van der Waals surface area contributed by atoms with E-state index < -0.39 is 17.6 Å². The van der Waals surface area contributed by atoms with Gasteiger partial charge in [-0.05, 0) is 34.1 Å². The van der Waals surface area contributed by atoms with Crippen molar-refractivity contribution in [2.24, 2.45) is 0 Å². The lowest BCUT2D eigenvalue weighted by Gasteiger charge is -2.11. The van der Waals surface area contributed by atoms with Crippen molar-refractivity contribution >= 4 is 27.5 Å². The first-order valence-electron chi connectivity index (χ1n) is 4.92. The number of aromatic nitrogens is 3. The van der Waals surface area contributed by atoms with E-state index in [2.05, 4.69) is 36.7 Å². The SMILES string of the molecule is O=C(Nc1cc(C(F)(F)F)ccc1Br)c1cn[nH]n1. The van der Waals surface area contributed by atoms with E-state index in [0.29, 0.717) is 4.47 Å². The number of hydrogen-bond acceptors (Lipinski definition) is 3. The fraction of sp³-hybridized carbons (Fsp3) is 0.100. The lowest BCUT2D eigenvalue weighted by molar-refractivity contribution is -0.137. The Morgan fingerprint density at radius 3 is 2.68 bits per heavy atom. The molecule has 2 rings (SSSR count). The van der Waals surface area contributed by atoms with Crippen molar-refractivity contribution in [3.8, 4) is 0 Å². The summed E-state index contributed by atoms with van der Waals surface area (Å²) in [6.45, 7) is 0. The van der Waals surface area contributed by atoms with Crippen LogP contribution in [0.2, 0.25) is 0 Å². The molecule has 0 aliphatic rings. The molecular weight excluding hydrogens is 329 g/mol. The van der Waals surface area contributed by atoms with E-state index in [9.17, 15) is 18.0 Å². The Labute approximate surface area is 113 Å². The minimum atomic E-state index is -4.48. The Bertz CT molecular complexity index is 597. The average Bonchev–Trinajstić information content (AvgIpc) is 2.84. The van der Waals surface area contributed by atoms with E-state index >= 15 is 0 Å². The maximum atomic E-state index is 12.6. The quantitative estimate of drug-likeness (QED) is 0.887. The van der Waals surface area contributed by atoms with Crippen molar-refractivity contribution in [2.45, 2.75) is 6.18 Å². The van der Waals surface area contributed by atoms with Crippen LogP contribution < -0.4 is 5.32 Å². The molecule has 0 radical (unpaired) electrons. The van der Waals surface area contributed by atoms with Crippen LogP contribution in [-0.2, 0) is 6.18 Å². The zero-order chi connectivity index (χ0) is 14.0. The van der Waals surface area contributed by atoms with Crippen LogP contribution in [-0.4, -0.2) is 21.3 Å². The van der Waals surface area contributed by atoms with Gasteiger partial charge in [0.05, 0.1) is 17.4 Å². The normalized spacial score (nSPS) is 11.4. The molecule has 100 valence electrons. The van der Waals surface area contributed by atoms with Crippen LogP contribution in [0, 0.1) is 0 Å². The van der Waals surface area contributed by atoms with E-state index in [4.69, 9.17) is 0 Å². The number of nitrogens with zero attached hydrogens (tertiary/aromatic N) is 2. The lowest BCUT2D eigenvalue weighted by Crippen LogP contribution is -2.14. The fourth-order valence-electron chi connectivity index (χ4n) is 1.29. The van der Waals surface area contributed by atoms with Crippen LogP contribution in [0.25, 0.3) is 0 Å². The van der Waals surface area contributed by atoms with Crippen molar-refractivity contribution < 1.29 is 18.0 Å². The third kappa shape index (κ3) is 3.11. The monoisotopic (exact) mass is 334 g/mol. The zero-order valence-corrected chi connectivity index (χ0v) is 10.7. The zero-order valence-electron chi connectivity index (χ0n) is 9.12. The summed E-state index contributed by atoms with van der Waals surface area (Å²) in [5, 5.41) is 11.5. The highest BCUT2D eigenvalue weighted by Gasteiger charge is 2.31. The van der Waals surface area contributed by atoms with Gasteiger partial charge in [0.2, 0.25) is 0 Å². The molecule has 1 aromatic carbocycles. The third-order valence-electron chi connectivity index (χ3n) is 2.19. The Balaban J connectivity index is 2.27. The summed E-state index contributed by atoms with van der Waals surface area (Å²) in [5.74, 6) is -0.659. The standard InChI is InChI=1S/C10H6BrF3N4O/c11-6-2-1-5(10(12,13)14)3-7(6)16-9(19)8-4-15-18-17-8/h1-4H,(H,16,19)(H,15,17,18). The van der Waals surface area contributed by atoms with Gasteiger partial charge in [0.25, 0.3) is 5.91 Å². The molecule has 0 spiro atoms. The van der Waals surface area contributed by atoms with Gasteiger partial charge in [0.1, 0.15) is 0 Å². The first kappa shape index (κ1) is 13.5. The number of nitrogens with one attached hydrogen (secondary N) is 2. The molecule has 9 heteroatoms. The van der Waals surface area contributed by atoms with Crippen LogP contribution >= 0.6 is 15.9 Å². The molecule has 1 amide bonds. The summed E-state index contributed by atoms with van der Waals surface area (Å²) in [5.41, 5.74) is -0.877. The van der Waals surface area contributed by atoms with Gasteiger partial charge in [-0.2, -0.15) is 28.6 Å². The number of benzene rings is 1. The number of aromatic amines is 1. The number of alkyl halides is 3. The Morgan fingerprint density at radius 1 is 1.37 bits per heavy atom. The van der Waals surface area contributed by atoms with Gasteiger partial charge in [-0.3, -0.25) is 4.79 Å². The van der Waals surface area contributed by atoms with E-state index in [1.165, 1.54) is 6.07 Å². The number of H-pyrrole nitrogens is 1. The van der Waals surface area contributed by atoms with Crippen molar-refractivity contribution in [2.75, 3.05) is 5.32 Å². The van der Waals surface area contributed by atoms with Gasteiger partial charge >= 0.3 is 6.18 Å². The molecule has 0 aliphatic carbocycles. The van der Waals surface area contributed by atoms with Crippen LogP contribution in [0.1, 0.15) is 16.1 Å². The number of amides is 1. The number of halogens is 4. The Morgan fingerprint density at radius 2 is 2.11 bits per heavy atom. The van der Waals surface area contributed by atoms with E-state index in [1.807, 2.05) is 0 Å². The summed E-state index contributed by atoms with van der Waals surface area (Å²) in [4.78, 5) is 11.7. The number of anilines is 1. The number of hydrogen-bond donors (Lipinski definition) is 2. The fourth-order valence-corrected chi connectivity index (χ4v) is 1.64. The molecule has 1 aromatic heterocycles. The molecule has 0 aliphatic heterocycles. The highest BCUT2D eigenvalue weighted by Crippen LogP contribution is 2.34. The number of carbonyl (C=O) groups is 1. The molecule has 19 heavy (non-hydrogen) atoms. The van der Waals surface area contributed by atoms with Crippen LogP contribution in [0.4, 0.5) is 18.9 Å². The molecule has 0 saturated heterocycles. The first-order chi connectivity index (χ1) is 8.88. The molecule has 0 bridgehead atoms. The second kappa shape index (κ2) is 5.00. The largest absolute Gasteiger partial charge is 0.416 e. The summed E-state index contributed by atoms with van der Waals surface area (Å²) in [6.07, 6.45) is -3.31. The lowest BCUT2D eigenvalue weighted by atomic mass is 10.2. The predicted molar refractivity (Wildman–Crippen MR) is 63.5 cm³/mol. The maximum absolute atomic E-state index is 12.6. The molecule has 0 atom stereocenters. The number of rotatable bonds is 2. The van der Waals surface area contributed by atoms with Gasteiger partial charge < -0.3 is 5.32 Å². The third-order valence-corrected chi connectivity index (χ3v) is 2.88. The van der Waals surface area contributed by atoms with Gasteiger partial charge in [-0.1, -0.05) is 0 Å². The summed E-state index contributed by atoms with van der Waals surface area (Å²) in [7, 11) is 0. The molecule has 5 nitrogen and oxygen atoms in total. The first-order valence-corrected chi connectivity index (χ1v) is 5.71. The van der Waals surface area contributed by atoms with E-state index in [0.717, 1.165) is 18.3 Å². The Hall–Kier alpha value is -1.90. The van der Waals surface area contributed by atoms with E-state index in [-0.39, 0.29) is 11.4 Å². The average molecular weight is 335 g/mol. The van der Waals surface area contributed by atoms with Crippen molar-refractivity contribution in [3.05, 3.63) is 40.1 Å². The van der Waals surface area contributed by atoms with Gasteiger partial charge in [-0.25, -0.2) is 0 Å². The number of carbonyl (C=O) groups excluding carboxylic acids is 1. The van der Waals surface area contributed by atoms with Crippen LogP contribution in [0.15, 0.2) is 28.9 Å². The molecule has 0 unspecified atom stereocenters. The highest BCUT2D eigenvalue weighted by molar-refractivity contribution is 9.10. The molecule has 1 heterocycles. The Kier molecular flexibility index (Phi) is 3.56.